The van der Waals surface area contributed by atoms with E-state index >= 15 is 0 Å². The van der Waals surface area contributed by atoms with Gasteiger partial charge in [0.2, 0.25) is 21.8 Å². The molecule has 1 atom stereocenters. The molecule has 9 nitrogen and oxygen atoms in total. The summed E-state index contributed by atoms with van der Waals surface area (Å²) in [6.07, 6.45) is 0.338. The van der Waals surface area contributed by atoms with Crippen LogP contribution in [0.2, 0.25) is 5.02 Å². The second-order valence-electron chi connectivity index (χ2n) is 9.41. The summed E-state index contributed by atoms with van der Waals surface area (Å²) >= 11 is 6.40. The number of hydrogen-bond donors (Lipinski definition) is 1. The summed E-state index contributed by atoms with van der Waals surface area (Å²) in [5.74, 6) is 0.0998. The second kappa shape index (κ2) is 13.2. The van der Waals surface area contributed by atoms with Crippen LogP contribution in [-0.2, 0) is 26.2 Å². The Morgan fingerprint density at radius 1 is 1.05 bits per heavy atom. The van der Waals surface area contributed by atoms with E-state index in [4.69, 9.17) is 21.1 Å². The number of ether oxygens (including phenoxy) is 2. The van der Waals surface area contributed by atoms with Crippen LogP contribution in [0.4, 0.5) is 5.69 Å². The lowest BCUT2D eigenvalue weighted by Crippen LogP contribution is -2.52. The zero-order valence-corrected chi connectivity index (χ0v) is 23.8. The molecule has 0 saturated carbocycles. The Morgan fingerprint density at radius 3 is 2.37 bits per heavy atom. The fourth-order valence-electron chi connectivity index (χ4n) is 4.06. The maximum atomic E-state index is 13.9. The number of fused-ring (bicyclic) bond motifs is 1. The molecule has 0 fully saturated rings. The first-order chi connectivity index (χ1) is 18.1. The topological polar surface area (TPSA) is 105 Å². The van der Waals surface area contributed by atoms with Gasteiger partial charge in [-0.3, -0.25) is 13.9 Å². The first-order valence-corrected chi connectivity index (χ1v) is 14.8. The van der Waals surface area contributed by atoms with E-state index in [1.54, 1.807) is 42.5 Å². The Hall–Kier alpha value is -2.98. The maximum absolute atomic E-state index is 13.9. The first-order valence-electron chi connectivity index (χ1n) is 12.8. The van der Waals surface area contributed by atoms with E-state index < -0.39 is 28.5 Å². The molecule has 0 unspecified atom stereocenters. The Kier molecular flexibility index (Phi) is 10.3. The van der Waals surface area contributed by atoms with Gasteiger partial charge in [-0.25, -0.2) is 8.42 Å². The number of anilines is 1. The number of nitrogens with one attached hydrogen (secondary N) is 1. The van der Waals surface area contributed by atoms with Crippen molar-refractivity contribution in [3.8, 4) is 11.5 Å². The summed E-state index contributed by atoms with van der Waals surface area (Å²) in [6, 6.07) is 11.0. The molecule has 1 aliphatic rings. The Balaban J connectivity index is 1.98. The van der Waals surface area contributed by atoms with E-state index in [-0.39, 0.29) is 29.8 Å². The Bertz CT molecular complexity index is 1240. The standard InChI is InChI=1S/C27H36ClN3O6S/c1-5-23(27(33)29-16-19(3)4)30(17-20-9-7-8-10-22(20)28)26(32)18-31(38(34,35)6-2)21-11-12-24-25(15-21)37-14-13-36-24/h7-12,15,19,23H,5-6,13-14,16-18H2,1-4H3,(H,29,33)/t23-/m0/s1. The number of nitrogens with zero attached hydrogens (tertiary/aromatic N) is 2. The fraction of sp³-hybridized carbons (Fsp3) is 0.481. The third-order valence-corrected chi connectivity index (χ3v) is 8.27. The molecule has 38 heavy (non-hydrogen) atoms. The molecule has 1 aliphatic heterocycles. The molecular formula is C27H36ClN3O6S. The number of halogens is 1. The Labute approximate surface area is 230 Å². The highest BCUT2D eigenvalue weighted by molar-refractivity contribution is 7.92. The van der Waals surface area contributed by atoms with Crippen molar-refractivity contribution in [2.75, 3.05) is 36.4 Å². The van der Waals surface area contributed by atoms with Crippen LogP contribution in [0, 0.1) is 5.92 Å². The van der Waals surface area contributed by atoms with Crippen LogP contribution in [0.3, 0.4) is 0 Å². The third-order valence-electron chi connectivity index (χ3n) is 6.16. The summed E-state index contributed by atoms with van der Waals surface area (Å²) < 4.78 is 38.6. The predicted octanol–water partition coefficient (Wildman–Crippen LogP) is 3.85. The lowest BCUT2D eigenvalue weighted by atomic mass is 10.1. The van der Waals surface area contributed by atoms with Crippen LogP contribution in [0.1, 0.15) is 39.7 Å². The van der Waals surface area contributed by atoms with Gasteiger partial charge in [0.25, 0.3) is 0 Å². The van der Waals surface area contributed by atoms with E-state index in [1.807, 2.05) is 20.8 Å². The minimum absolute atomic E-state index is 0.0489. The SMILES string of the molecule is CC[C@@H](C(=O)NCC(C)C)N(Cc1ccccc1Cl)C(=O)CN(c1ccc2c(c1)OCCO2)S(=O)(=O)CC. The van der Waals surface area contributed by atoms with Crippen molar-refractivity contribution in [2.45, 2.75) is 46.7 Å². The average Bonchev–Trinajstić information content (AvgIpc) is 2.90. The fourth-order valence-corrected chi connectivity index (χ4v) is 5.31. The Morgan fingerprint density at radius 2 is 1.74 bits per heavy atom. The highest BCUT2D eigenvalue weighted by atomic mass is 35.5. The minimum atomic E-state index is -3.86. The number of hydrogen-bond acceptors (Lipinski definition) is 6. The van der Waals surface area contributed by atoms with Crippen molar-refractivity contribution in [3.05, 3.63) is 53.1 Å². The highest BCUT2D eigenvalue weighted by Crippen LogP contribution is 2.35. The van der Waals surface area contributed by atoms with Crippen LogP contribution in [0.15, 0.2) is 42.5 Å². The van der Waals surface area contributed by atoms with Crippen LogP contribution in [0.5, 0.6) is 11.5 Å². The zero-order valence-electron chi connectivity index (χ0n) is 22.3. The van der Waals surface area contributed by atoms with Crippen molar-refractivity contribution < 1.29 is 27.5 Å². The van der Waals surface area contributed by atoms with Gasteiger partial charge in [-0.15, -0.1) is 0 Å². The molecule has 1 N–H and O–H groups in total. The van der Waals surface area contributed by atoms with Crippen molar-refractivity contribution in [1.82, 2.24) is 10.2 Å². The van der Waals surface area contributed by atoms with Crippen LogP contribution >= 0.6 is 11.6 Å². The van der Waals surface area contributed by atoms with Gasteiger partial charge in [0.15, 0.2) is 11.5 Å². The van der Waals surface area contributed by atoms with Crippen molar-refractivity contribution in [1.29, 1.82) is 0 Å². The summed E-state index contributed by atoms with van der Waals surface area (Å²) in [4.78, 5) is 28.5. The molecule has 0 spiro atoms. The van der Waals surface area contributed by atoms with Crippen molar-refractivity contribution >= 4 is 39.1 Å². The maximum Gasteiger partial charge on any atom is 0.244 e. The zero-order chi connectivity index (χ0) is 27.9. The number of benzene rings is 2. The summed E-state index contributed by atoms with van der Waals surface area (Å²) in [6.45, 7) is 8.04. The molecule has 0 radical (unpaired) electrons. The molecule has 0 saturated heterocycles. The number of amides is 2. The smallest absolute Gasteiger partial charge is 0.244 e. The monoisotopic (exact) mass is 565 g/mol. The quantitative estimate of drug-likeness (QED) is 0.419. The van der Waals surface area contributed by atoms with E-state index in [2.05, 4.69) is 5.32 Å². The number of sulfonamides is 1. The molecule has 2 amide bonds. The summed E-state index contributed by atoms with van der Waals surface area (Å²) in [5.41, 5.74) is 0.932. The first kappa shape index (κ1) is 29.6. The number of rotatable bonds is 12. The lowest BCUT2D eigenvalue weighted by Gasteiger charge is -2.33. The van der Waals surface area contributed by atoms with Crippen LogP contribution < -0.4 is 19.1 Å². The van der Waals surface area contributed by atoms with Gasteiger partial charge in [-0.2, -0.15) is 0 Å². The van der Waals surface area contributed by atoms with Gasteiger partial charge in [0.05, 0.1) is 11.4 Å². The van der Waals surface area contributed by atoms with Gasteiger partial charge in [-0.05, 0) is 43.0 Å². The largest absolute Gasteiger partial charge is 0.486 e. The van der Waals surface area contributed by atoms with E-state index in [1.165, 1.54) is 11.8 Å². The molecule has 3 rings (SSSR count). The van der Waals surface area contributed by atoms with Gasteiger partial charge in [0, 0.05) is 24.2 Å². The van der Waals surface area contributed by atoms with Crippen molar-refractivity contribution in [2.24, 2.45) is 5.92 Å². The highest BCUT2D eigenvalue weighted by Gasteiger charge is 2.33. The van der Waals surface area contributed by atoms with Crippen molar-refractivity contribution in [3.63, 3.8) is 0 Å². The van der Waals surface area contributed by atoms with E-state index in [0.717, 1.165) is 4.31 Å². The normalized spacial score (nSPS) is 13.6. The molecule has 208 valence electrons. The van der Waals surface area contributed by atoms with Gasteiger partial charge < -0.3 is 19.7 Å². The predicted molar refractivity (Wildman–Crippen MR) is 148 cm³/mol. The number of carbonyl (C=O) groups excluding carboxylic acids is 2. The summed E-state index contributed by atoms with van der Waals surface area (Å²) in [5, 5.41) is 3.35. The molecule has 2 aromatic rings. The van der Waals surface area contributed by atoms with Gasteiger partial charge >= 0.3 is 0 Å². The number of carbonyl (C=O) groups is 2. The molecule has 0 aromatic heterocycles. The summed E-state index contributed by atoms with van der Waals surface area (Å²) in [7, 11) is -3.86. The van der Waals surface area contributed by atoms with Gasteiger partial charge in [-0.1, -0.05) is 50.6 Å². The average molecular weight is 566 g/mol. The van der Waals surface area contributed by atoms with Gasteiger partial charge in [0.1, 0.15) is 25.8 Å². The molecule has 11 heteroatoms. The third kappa shape index (κ3) is 7.32. The van der Waals surface area contributed by atoms with Crippen LogP contribution in [0.25, 0.3) is 0 Å². The molecule has 1 heterocycles. The lowest BCUT2D eigenvalue weighted by molar-refractivity contribution is -0.140. The molecule has 0 bridgehead atoms. The minimum Gasteiger partial charge on any atom is -0.486 e. The molecule has 2 aromatic carbocycles. The molecule has 0 aliphatic carbocycles. The van der Waals surface area contributed by atoms with E-state index in [0.29, 0.717) is 48.3 Å². The second-order valence-corrected chi connectivity index (χ2v) is 12.0. The van der Waals surface area contributed by atoms with E-state index in [9.17, 15) is 18.0 Å². The molecular weight excluding hydrogens is 530 g/mol. The van der Waals surface area contributed by atoms with Crippen LogP contribution in [-0.4, -0.2) is 63.2 Å².